The van der Waals surface area contributed by atoms with E-state index in [9.17, 15) is 0 Å². The van der Waals surface area contributed by atoms with Gasteiger partial charge in [-0.25, -0.2) is 15.0 Å². The Morgan fingerprint density at radius 3 is 2.47 bits per heavy atom. The number of hydrogen-bond donors (Lipinski definition) is 1. The molecule has 0 fully saturated rings. The van der Waals surface area contributed by atoms with E-state index in [1.165, 1.54) is 0 Å². The first kappa shape index (κ1) is 13.8. The predicted molar refractivity (Wildman–Crippen MR) is 78.6 cm³/mol. The van der Waals surface area contributed by atoms with Gasteiger partial charge in [-0.15, -0.1) is 0 Å². The summed E-state index contributed by atoms with van der Waals surface area (Å²) in [6.45, 7) is 6.32. The lowest BCUT2D eigenvalue weighted by Gasteiger charge is -2.18. The SMILES string of the molecule is CNc1cc(Sc2ccccn2)nc(C(C)(C)C)n1. The molecule has 0 aliphatic rings. The van der Waals surface area contributed by atoms with Crippen LogP contribution in [0.2, 0.25) is 0 Å². The van der Waals surface area contributed by atoms with Crippen molar-refractivity contribution in [1.29, 1.82) is 0 Å². The Kier molecular flexibility index (Phi) is 4.04. The van der Waals surface area contributed by atoms with Crippen molar-refractivity contribution in [2.45, 2.75) is 36.2 Å². The number of nitrogens with one attached hydrogen (secondary N) is 1. The molecule has 0 atom stereocenters. The van der Waals surface area contributed by atoms with Crippen LogP contribution < -0.4 is 5.32 Å². The first-order valence-electron chi connectivity index (χ1n) is 6.15. The lowest BCUT2D eigenvalue weighted by molar-refractivity contribution is 0.539. The Labute approximate surface area is 118 Å². The quantitative estimate of drug-likeness (QED) is 0.870. The van der Waals surface area contributed by atoms with E-state index in [2.05, 4.69) is 41.0 Å². The molecule has 1 N–H and O–H groups in total. The van der Waals surface area contributed by atoms with E-state index < -0.39 is 0 Å². The Bertz CT molecular complexity index is 549. The first-order valence-corrected chi connectivity index (χ1v) is 6.97. The zero-order chi connectivity index (χ0) is 13.9. The second-order valence-electron chi connectivity index (χ2n) is 5.19. The molecule has 100 valence electrons. The van der Waals surface area contributed by atoms with Crippen LogP contribution in [0.5, 0.6) is 0 Å². The predicted octanol–water partition coefficient (Wildman–Crippen LogP) is 3.36. The highest BCUT2D eigenvalue weighted by atomic mass is 32.2. The Hall–Kier alpha value is -1.62. The summed E-state index contributed by atoms with van der Waals surface area (Å²) in [7, 11) is 1.87. The zero-order valence-corrected chi connectivity index (χ0v) is 12.5. The van der Waals surface area contributed by atoms with E-state index in [0.717, 1.165) is 21.7 Å². The summed E-state index contributed by atoms with van der Waals surface area (Å²) in [5, 5.41) is 4.92. The van der Waals surface area contributed by atoms with E-state index in [4.69, 9.17) is 0 Å². The average Bonchev–Trinajstić information content (AvgIpc) is 2.38. The number of pyridine rings is 1. The molecule has 0 radical (unpaired) electrons. The van der Waals surface area contributed by atoms with Crippen molar-refractivity contribution < 1.29 is 0 Å². The van der Waals surface area contributed by atoms with Crippen molar-refractivity contribution in [3.63, 3.8) is 0 Å². The first-order chi connectivity index (χ1) is 8.99. The van der Waals surface area contributed by atoms with Crippen LogP contribution in [0.25, 0.3) is 0 Å². The van der Waals surface area contributed by atoms with Crippen molar-refractivity contribution in [2.24, 2.45) is 0 Å². The second kappa shape index (κ2) is 5.57. The molecule has 2 aromatic rings. The number of hydrogen-bond acceptors (Lipinski definition) is 5. The van der Waals surface area contributed by atoms with Crippen molar-refractivity contribution in [1.82, 2.24) is 15.0 Å². The fourth-order valence-corrected chi connectivity index (χ4v) is 2.23. The molecule has 0 aromatic carbocycles. The van der Waals surface area contributed by atoms with Crippen LogP contribution in [-0.4, -0.2) is 22.0 Å². The molecule has 19 heavy (non-hydrogen) atoms. The summed E-state index contributed by atoms with van der Waals surface area (Å²) >= 11 is 1.55. The Morgan fingerprint density at radius 2 is 1.89 bits per heavy atom. The lowest BCUT2D eigenvalue weighted by atomic mass is 9.96. The molecular weight excluding hydrogens is 256 g/mol. The lowest BCUT2D eigenvalue weighted by Crippen LogP contribution is -2.17. The molecule has 0 saturated carbocycles. The minimum Gasteiger partial charge on any atom is -0.373 e. The smallest absolute Gasteiger partial charge is 0.137 e. The summed E-state index contributed by atoms with van der Waals surface area (Å²) in [6.07, 6.45) is 1.78. The van der Waals surface area contributed by atoms with E-state index in [0.29, 0.717) is 0 Å². The summed E-state index contributed by atoms with van der Waals surface area (Å²) in [6, 6.07) is 7.79. The van der Waals surface area contributed by atoms with E-state index in [-0.39, 0.29) is 5.41 Å². The average molecular weight is 274 g/mol. The molecule has 5 heteroatoms. The third-order valence-corrected chi connectivity index (χ3v) is 3.35. The molecule has 0 unspecified atom stereocenters. The third kappa shape index (κ3) is 3.67. The van der Waals surface area contributed by atoms with Gasteiger partial charge in [-0.05, 0) is 23.9 Å². The molecule has 2 aromatic heterocycles. The van der Waals surface area contributed by atoms with Gasteiger partial charge in [-0.3, -0.25) is 0 Å². The summed E-state index contributed by atoms with van der Waals surface area (Å²) in [4.78, 5) is 13.4. The summed E-state index contributed by atoms with van der Waals surface area (Å²) in [5.41, 5.74) is -0.0771. The van der Waals surface area contributed by atoms with Crippen LogP contribution >= 0.6 is 11.8 Å². The van der Waals surface area contributed by atoms with Gasteiger partial charge in [-0.1, -0.05) is 26.8 Å². The molecule has 2 rings (SSSR count). The van der Waals surface area contributed by atoms with Gasteiger partial charge >= 0.3 is 0 Å². The highest BCUT2D eigenvalue weighted by Crippen LogP contribution is 2.28. The van der Waals surface area contributed by atoms with Gasteiger partial charge in [0.1, 0.15) is 21.7 Å². The van der Waals surface area contributed by atoms with Gasteiger partial charge < -0.3 is 5.32 Å². The van der Waals surface area contributed by atoms with E-state index >= 15 is 0 Å². The van der Waals surface area contributed by atoms with Crippen LogP contribution in [0.1, 0.15) is 26.6 Å². The summed E-state index contributed by atoms with van der Waals surface area (Å²) in [5.74, 6) is 1.66. The molecule has 0 aliphatic heterocycles. The maximum Gasteiger partial charge on any atom is 0.137 e. The van der Waals surface area contributed by atoms with Gasteiger partial charge in [0.25, 0.3) is 0 Å². The molecule has 4 nitrogen and oxygen atoms in total. The van der Waals surface area contributed by atoms with Gasteiger partial charge in [0.05, 0.1) is 0 Å². The minimum atomic E-state index is -0.0771. The van der Waals surface area contributed by atoms with Gasteiger partial charge in [-0.2, -0.15) is 0 Å². The molecular formula is C14H18N4S. The zero-order valence-electron chi connectivity index (χ0n) is 11.6. The molecule has 0 aliphatic carbocycles. The van der Waals surface area contributed by atoms with Crippen molar-refractivity contribution >= 4 is 17.6 Å². The maximum atomic E-state index is 4.62. The fourth-order valence-electron chi connectivity index (χ4n) is 1.46. The van der Waals surface area contributed by atoms with E-state index in [1.54, 1.807) is 18.0 Å². The monoisotopic (exact) mass is 274 g/mol. The summed E-state index contributed by atoms with van der Waals surface area (Å²) < 4.78 is 0. The van der Waals surface area contributed by atoms with Gasteiger partial charge in [0.2, 0.25) is 0 Å². The molecule has 2 heterocycles. The molecule has 0 bridgehead atoms. The van der Waals surface area contributed by atoms with E-state index in [1.807, 2.05) is 31.3 Å². The van der Waals surface area contributed by atoms with Crippen LogP contribution in [0.3, 0.4) is 0 Å². The van der Waals surface area contributed by atoms with Gasteiger partial charge in [0, 0.05) is 24.7 Å². The topological polar surface area (TPSA) is 50.7 Å². The number of nitrogens with zero attached hydrogens (tertiary/aromatic N) is 3. The van der Waals surface area contributed by atoms with Crippen molar-refractivity contribution in [2.75, 3.05) is 12.4 Å². The Morgan fingerprint density at radius 1 is 1.11 bits per heavy atom. The number of aromatic nitrogens is 3. The minimum absolute atomic E-state index is 0.0771. The highest BCUT2D eigenvalue weighted by Gasteiger charge is 2.19. The third-order valence-electron chi connectivity index (χ3n) is 2.48. The largest absolute Gasteiger partial charge is 0.373 e. The van der Waals surface area contributed by atoms with Crippen LogP contribution in [-0.2, 0) is 5.41 Å². The normalized spacial score (nSPS) is 11.4. The van der Waals surface area contributed by atoms with Crippen molar-refractivity contribution in [3.05, 3.63) is 36.3 Å². The Balaban J connectivity index is 2.35. The molecule has 0 amide bonds. The van der Waals surface area contributed by atoms with Gasteiger partial charge in [0.15, 0.2) is 0 Å². The fraction of sp³-hybridized carbons (Fsp3) is 0.357. The van der Waals surface area contributed by atoms with Crippen LogP contribution in [0.4, 0.5) is 5.82 Å². The standard InChI is InChI=1S/C14H18N4S/c1-14(2,3)13-17-10(15-4)9-12(18-13)19-11-7-5-6-8-16-11/h5-9H,1-4H3,(H,15,17,18). The van der Waals surface area contributed by atoms with Crippen LogP contribution in [0.15, 0.2) is 40.5 Å². The molecule has 0 spiro atoms. The highest BCUT2D eigenvalue weighted by molar-refractivity contribution is 7.99. The number of anilines is 1. The number of rotatable bonds is 3. The van der Waals surface area contributed by atoms with Crippen molar-refractivity contribution in [3.8, 4) is 0 Å². The maximum absolute atomic E-state index is 4.62. The van der Waals surface area contributed by atoms with Crippen LogP contribution in [0, 0.1) is 0 Å². The second-order valence-corrected chi connectivity index (χ2v) is 6.23. The molecule has 0 saturated heterocycles.